The van der Waals surface area contributed by atoms with E-state index in [0.717, 1.165) is 36.0 Å². The molecule has 0 radical (unpaired) electrons. The lowest BCUT2D eigenvalue weighted by Gasteiger charge is -2.37. The molecule has 0 bridgehead atoms. The molecule has 0 aromatic heterocycles. The molecule has 2 aliphatic rings. The van der Waals surface area contributed by atoms with Crippen molar-refractivity contribution in [3.8, 4) is 0 Å². The van der Waals surface area contributed by atoms with Gasteiger partial charge in [0, 0.05) is 38.4 Å². The lowest BCUT2D eigenvalue weighted by atomic mass is 10.2. The van der Waals surface area contributed by atoms with Crippen LogP contribution in [-0.4, -0.2) is 71.9 Å². The van der Waals surface area contributed by atoms with E-state index in [-0.39, 0.29) is 19.1 Å². The summed E-state index contributed by atoms with van der Waals surface area (Å²) in [6.45, 7) is 7.41. The second-order valence-electron chi connectivity index (χ2n) is 6.91. The summed E-state index contributed by atoms with van der Waals surface area (Å²) in [5.41, 5.74) is 1.17. The summed E-state index contributed by atoms with van der Waals surface area (Å²) in [6, 6.07) is 9.67. The number of amides is 4. The number of nitrogens with zero attached hydrogens (tertiary/aromatic N) is 4. The summed E-state index contributed by atoms with van der Waals surface area (Å²) in [6.07, 6.45) is 0. The minimum atomic E-state index is -0.712. The SMILES string of the molecule is CC(C)CN1C(=O)C(=O)N(CN2CCN(c3ccccc3)CC2)C1=O. The Labute approximate surface area is 147 Å². The van der Waals surface area contributed by atoms with E-state index in [4.69, 9.17) is 0 Å². The van der Waals surface area contributed by atoms with Crippen LogP contribution in [0.1, 0.15) is 13.8 Å². The number of rotatable bonds is 5. The van der Waals surface area contributed by atoms with Crippen molar-refractivity contribution in [1.29, 1.82) is 0 Å². The summed E-state index contributed by atoms with van der Waals surface area (Å²) in [7, 11) is 0. The van der Waals surface area contributed by atoms with E-state index in [1.807, 2.05) is 36.9 Å². The fraction of sp³-hybridized carbons (Fsp3) is 0.500. The molecule has 2 aliphatic heterocycles. The number of para-hydroxylation sites is 1. The average molecular weight is 344 g/mol. The van der Waals surface area contributed by atoms with E-state index in [0.29, 0.717) is 0 Å². The van der Waals surface area contributed by atoms with Gasteiger partial charge in [-0.2, -0.15) is 0 Å². The second kappa shape index (κ2) is 7.23. The van der Waals surface area contributed by atoms with Gasteiger partial charge in [-0.3, -0.25) is 19.4 Å². The topological polar surface area (TPSA) is 64.2 Å². The minimum absolute atomic E-state index is 0.134. The van der Waals surface area contributed by atoms with Crippen molar-refractivity contribution in [2.24, 2.45) is 5.92 Å². The summed E-state index contributed by atoms with van der Waals surface area (Å²) >= 11 is 0. The smallest absolute Gasteiger partial charge is 0.335 e. The molecular formula is C18H24N4O3. The Morgan fingerprint density at radius 3 is 2.08 bits per heavy atom. The largest absolute Gasteiger partial charge is 0.369 e. The Bertz CT molecular complexity index is 654. The number of piperazine rings is 1. The Hall–Kier alpha value is -2.41. The number of hydrogen-bond donors (Lipinski definition) is 0. The van der Waals surface area contributed by atoms with Crippen LogP contribution < -0.4 is 4.90 Å². The first kappa shape index (κ1) is 17.4. The molecule has 7 heteroatoms. The quantitative estimate of drug-likeness (QED) is 0.593. The molecular weight excluding hydrogens is 320 g/mol. The molecule has 0 N–H and O–H groups in total. The molecule has 2 heterocycles. The van der Waals surface area contributed by atoms with Crippen molar-refractivity contribution in [2.75, 3.05) is 44.3 Å². The number of hydrogen-bond acceptors (Lipinski definition) is 5. The molecule has 7 nitrogen and oxygen atoms in total. The van der Waals surface area contributed by atoms with Crippen LogP contribution in [0.3, 0.4) is 0 Å². The zero-order valence-electron chi connectivity index (χ0n) is 14.7. The van der Waals surface area contributed by atoms with Crippen LogP contribution in [0.5, 0.6) is 0 Å². The van der Waals surface area contributed by atoms with Gasteiger partial charge in [0.2, 0.25) is 0 Å². The highest BCUT2D eigenvalue weighted by molar-refractivity contribution is 6.44. The van der Waals surface area contributed by atoms with Crippen LogP contribution in [0.15, 0.2) is 30.3 Å². The molecule has 0 aliphatic carbocycles. The van der Waals surface area contributed by atoms with Gasteiger partial charge in [-0.25, -0.2) is 9.69 Å². The molecule has 4 amide bonds. The number of benzene rings is 1. The standard InChI is InChI=1S/C18H24N4O3/c1-14(2)12-21-16(23)17(24)22(18(21)25)13-19-8-10-20(11-9-19)15-6-4-3-5-7-15/h3-7,14H,8-13H2,1-2H3. The van der Waals surface area contributed by atoms with Crippen molar-refractivity contribution in [3.63, 3.8) is 0 Å². The third-order valence-electron chi connectivity index (χ3n) is 4.52. The molecule has 3 rings (SSSR count). The maximum absolute atomic E-state index is 12.4. The first-order valence-electron chi connectivity index (χ1n) is 8.67. The Kier molecular flexibility index (Phi) is 5.03. The first-order valence-corrected chi connectivity index (χ1v) is 8.67. The van der Waals surface area contributed by atoms with Crippen LogP contribution >= 0.6 is 0 Å². The molecule has 0 atom stereocenters. The van der Waals surface area contributed by atoms with Crippen LogP contribution in [0.25, 0.3) is 0 Å². The highest BCUT2D eigenvalue weighted by Gasteiger charge is 2.45. The van der Waals surface area contributed by atoms with E-state index in [1.165, 1.54) is 5.69 Å². The Morgan fingerprint density at radius 2 is 1.48 bits per heavy atom. The third kappa shape index (κ3) is 3.66. The molecule has 0 unspecified atom stereocenters. The lowest BCUT2D eigenvalue weighted by molar-refractivity contribution is -0.144. The zero-order chi connectivity index (χ0) is 18.0. The monoisotopic (exact) mass is 344 g/mol. The van der Waals surface area contributed by atoms with Gasteiger partial charge in [0.15, 0.2) is 0 Å². The maximum atomic E-state index is 12.4. The van der Waals surface area contributed by atoms with Crippen molar-refractivity contribution < 1.29 is 14.4 Å². The van der Waals surface area contributed by atoms with Gasteiger partial charge in [0.05, 0.1) is 6.67 Å². The van der Waals surface area contributed by atoms with E-state index in [1.54, 1.807) is 0 Å². The maximum Gasteiger partial charge on any atom is 0.335 e. The number of imide groups is 2. The van der Waals surface area contributed by atoms with Crippen LogP contribution in [0.2, 0.25) is 0 Å². The normalized spacial score (nSPS) is 19.5. The predicted octanol–water partition coefficient (Wildman–Crippen LogP) is 1.21. The van der Waals surface area contributed by atoms with E-state index in [2.05, 4.69) is 17.0 Å². The van der Waals surface area contributed by atoms with Crippen LogP contribution in [0.4, 0.5) is 10.5 Å². The predicted molar refractivity (Wildman–Crippen MR) is 93.9 cm³/mol. The second-order valence-corrected chi connectivity index (χ2v) is 6.91. The highest BCUT2D eigenvalue weighted by Crippen LogP contribution is 2.18. The van der Waals surface area contributed by atoms with Crippen LogP contribution in [0, 0.1) is 5.92 Å². The van der Waals surface area contributed by atoms with E-state index in [9.17, 15) is 14.4 Å². The molecule has 2 fully saturated rings. The van der Waals surface area contributed by atoms with Gasteiger partial charge >= 0.3 is 17.8 Å². The minimum Gasteiger partial charge on any atom is -0.369 e. The molecule has 2 saturated heterocycles. The van der Waals surface area contributed by atoms with E-state index >= 15 is 0 Å². The molecule has 0 spiro atoms. The Morgan fingerprint density at radius 1 is 0.880 bits per heavy atom. The fourth-order valence-corrected chi connectivity index (χ4v) is 3.19. The fourth-order valence-electron chi connectivity index (χ4n) is 3.19. The van der Waals surface area contributed by atoms with E-state index < -0.39 is 17.8 Å². The third-order valence-corrected chi connectivity index (χ3v) is 4.52. The zero-order valence-corrected chi connectivity index (χ0v) is 14.7. The van der Waals surface area contributed by atoms with Crippen molar-refractivity contribution in [3.05, 3.63) is 30.3 Å². The summed E-state index contributed by atoms with van der Waals surface area (Å²) in [5, 5.41) is 0. The molecule has 1 aromatic rings. The molecule has 1 aromatic carbocycles. The number of carbonyl (C=O) groups excluding carboxylic acids is 3. The first-order chi connectivity index (χ1) is 12.0. The number of anilines is 1. The van der Waals surface area contributed by atoms with Crippen molar-refractivity contribution in [2.45, 2.75) is 13.8 Å². The molecule has 0 saturated carbocycles. The average Bonchev–Trinajstić information content (AvgIpc) is 2.81. The van der Waals surface area contributed by atoms with Crippen molar-refractivity contribution >= 4 is 23.5 Å². The van der Waals surface area contributed by atoms with Gasteiger partial charge in [-0.1, -0.05) is 32.0 Å². The number of carbonyl (C=O) groups is 3. The van der Waals surface area contributed by atoms with Gasteiger partial charge in [-0.15, -0.1) is 0 Å². The molecule has 134 valence electrons. The molecule has 25 heavy (non-hydrogen) atoms. The van der Waals surface area contributed by atoms with Gasteiger partial charge in [-0.05, 0) is 18.1 Å². The van der Waals surface area contributed by atoms with Crippen LogP contribution in [-0.2, 0) is 9.59 Å². The lowest BCUT2D eigenvalue weighted by Crippen LogP contribution is -2.51. The highest BCUT2D eigenvalue weighted by atomic mass is 16.2. The summed E-state index contributed by atoms with van der Waals surface area (Å²) < 4.78 is 0. The van der Waals surface area contributed by atoms with Gasteiger partial charge in [0.25, 0.3) is 0 Å². The summed E-state index contributed by atoms with van der Waals surface area (Å²) in [5.74, 6) is -1.28. The Balaban J connectivity index is 1.58. The summed E-state index contributed by atoms with van der Waals surface area (Å²) in [4.78, 5) is 43.0. The van der Waals surface area contributed by atoms with Gasteiger partial charge in [0.1, 0.15) is 0 Å². The van der Waals surface area contributed by atoms with Crippen molar-refractivity contribution in [1.82, 2.24) is 14.7 Å². The van der Waals surface area contributed by atoms with Gasteiger partial charge < -0.3 is 4.90 Å². The number of urea groups is 1.